The molecule has 2 bridgehead atoms. The molecule has 0 radical (unpaired) electrons. The van der Waals surface area contributed by atoms with Crippen molar-refractivity contribution in [2.45, 2.75) is 24.9 Å². The molecule has 1 aromatic carbocycles. The number of nitrogens with one attached hydrogen (secondary N) is 1. The Balaban J connectivity index is 1.69. The van der Waals surface area contributed by atoms with E-state index >= 15 is 0 Å². The van der Waals surface area contributed by atoms with Crippen molar-refractivity contribution in [2.24, 2.45) is 11.8 Å². The van der Waals surface area contributed by atoms with Crippen LogP contribution in [0.4, 0.5) is 18.9 Å². The van der Waals surface area contributed by atoms with Crippen molar-refractivity contribution < 1.29 is 18.0 Å². The molecule has 2 nitrogen and oxygen atoms in total. The van der Waals surface area contributed by atoms with Crippen molar-refractivity contribution in [2.75, 3.05) is 5.32 Å². The molecule has 3 atom stereocenters. The Morgan fingerprint density at radius 2 is 1.80 bits per heavy atom. The maximum Gasteiger partial charge on any atom is 0.471 e. The van der Waals surface area contributed by atoms with Crippen LogP contribution < -0.4 is 5.32 Å². The summed E-state index contributed by atoms with van der Waals surface area (Å²) in [5.74, 6) is -0.282. The van der Waals surface area contributed by atoms with Gasteiger partial charge in [-0.05, 0) is 48.3 Å². The van der Waals surface area contributed by atoms with Crippen molar-refractivity contribution in [1.82, 2.24) is 0 Å². The van der Waals surface area contributed by atoms with Gasteiger partial charge in [-0.15, -0.1) is 0 Å². The number of alkyl halides is 3. The van der Waals surface area contributed by atoms with Gasteiger partial charge in [0.05, 0.1) is 0 Å². The summed E-state index contributed by atoms with van der Waals surface area (Å²) in [6, 6.07) is 6.69. The highest BCUT2D eigenvalue weighted by atomic mass is 19.4. The van der Waals surface area contributed by atoms with Gasteiger partial charge in [0.15, 0.2) is 0 Å². The fraction of sp³-hybridized carbons (Fsp3) is 0.400. The molecule has 1 amide bonds. The summed E-state index contributed by atoms with van der Waals surface area (Å²) in [5.41, 5.74) is 1.31. The number of amides is 1. The van der Waals surface area contributed by atoms with Crippen molar-refractivity contribution >= 4 is 11.6 Å². The second-order valence-electron chi connectivity index (χ2n) is 5.46. The summed E-state index contributed by atoms with van der Waals surface area (Å²) in [6.07, 6.45) is 1.91. The summed E-state index contributed by atoms with van der Waals surface area (Å²) >= 11 is 0. The summed E-state index contributed by atoms with van der Waals surface area (Å²) in [5, 5.41) is 1.86. The van der Waals surface area contributed by atoms with Crippen molar-refractivity contribution in [3.8, 4) is 0 Å². The van der Waals surface area contributed by atoms with E-state index in [0.29, 0.717) is 17.8 Å². The maximum atomic E-state index is 12.1. The molecule has 0 spiro atoms. The number of carbonyl (C=O) groups excluding carboxylic acids is 1. The summed E-state index contributed by atoms with van der Waals surface area (Å²) < 4.78 is 36.4. The fourth-order valence-electron chi connectivity index (χ4n) is 3.18. The van der Waals surface area contributed by atoms with Crippen LogP contribution in [0.1, 0.15) is 24.3 Å². The number of allylic oxidation sites excluding steroid dienone is 2. The van der Waals surface area contributed by atoms with Gasteiger partial charge in [0.1, 0.15) is 0 Å². The second kappa shape index (κ2) is 4.65. The molecule has 0 heterocycles. The third kappa shape index (κ3) is 2.44. The molecule has 1 saturated carbocycles. The lowest BCUT2D eigenvalue weighted by atomic mass is 9.87. The van der Waals surface area contributed by atoms with Crippen LogP contribution in [-0.2, 0) is 4.79 Å². The quantitative estimate of drug-likeness (QED) is 0.819. The van der Waals surface area contributed by atoms with Crippen LogP contribution in [0.25, 0.3) is 0 Å². The number of carbonyl (C=O) groups is 1. The molecule has 3 rings (SSSR count). The van der Waals surface area contributed by atoms with E-state index in [1.165, 1.54) is 18.6 Å². The highest BCUT2D eigenvalue weighted by Gasteiger charge is 2.39. The Kier molecular flexibility index (Phi) is 3.07. The smallest absolute Gasteiger partial charge is 0.318 e. The molecule has 2 aliphatic carbocycles. The zero-order valence-corrected chi connectivity index (χ0v) is 10.7. The zero-order valence-electron chi connectivity index (χ0n) is 10.7. The minimum atomic E-state index is -4.85. The van der Waals surface area contributed by atoms with E-state index in [-0.39, 0.29) is 5.69 Å². The van der Waals surface area contributed by atoms with Gasteiger partial charge in [0.25, 0.3) is 0 Å². The number of halogens is 3. The molecule has 0 aliphatic heterocycles. The monoisotopic (exact) mass is 281 g/mol. The summed E-state index contributed by atoms with van der Waals surface area (Å²) in [7, 11) is 0. The van der Waals surface area contributed by atoms with Crippen LogP contribution in [0.15, 0.2) is 36.4 Å². The maximum absolute atomic E-state index is 12.1. The third-order valence-corrected chi connectivity index (χ3v) is 4.13. The van der Waals surface area contributed by atoms with E-state index in [4.69, 9.17) is 0 Å². The predicted molar refractivity (Wildman–Crippen MR) is 69.2 cm³/mol. The minimum Gasteiger partial charge on any atom is -0.318 e. The largest absolute Gasteiger partial charge is 0.471 e. The number of hydrogen-bond donors (Lipinski definition) is 1. The summed E-state index contributed by atoms with van der Waals surface area (Å²) in [4.78, 5) is 10.8. The minimum absolute atomic E-state index is 0.176. The number of hydrogen-bond acceptors (Lipinski definition) is 1. The SMILES string of the molecule is O=C(Nc1ccc([C@H]2C[C@@H]3C=C[C@H]2C3)cc1)C(F)(F)F. The van der Waals surface area contributed by atoms with E-state index in [0.717, 1.165) is 12.0 Å². The predicted octanol–water partition coefficient (Wildman–Crippen LogP) is 3.87. The third-order valence-electron chi connectivity index (χ3n) is 4.13. The Morgan fingerprint density at radius 1 is 1.10 bits per heavy atom. The lowest BCUT2D eigenvalue weighted by molar-refractivity contribution is -0.167. The number of rotatable bonds is 2. The molecule has 2 aliphatic rings. The average Bonchev–Trinajstić information content (AvgIpc) is 3.00. The molecule has 1 aromatic rings. The molecular weight excluding hydrogens is 267 g/mol. The number of benzene rings is 1. The topological polar surface area (TPSA) is 29.1 Å². The van der Waals surface area contributed by atoms with Crippen LogP contribution in [0.2, 0.25) is 0 Å². The van der Waals surface area contributed by atoms with Crippen LogP contribution in [0, 0.1) is 11.8 Å². The fourth-order valence-corrected chi connectivity index (χ4v) is 3.18. The van der Waals surface area contributed by atoms with Crippen LogP contribution in [0.5, 0.6) is 0 Å². The van der Waals surface area contributed by atoms with E-state index < -0.39 is 12.1 Å². The first-order chi connectivity index (χ1) is 9.43. The first-order valence-corrected chi connectivity index (χ1v) is 6.60. The van der Waals surface area contributed by atoms with Crippen molar-refractivity contribution in [3.63, 3.8) is 0 Å². The molecule has 0 saturated heterocycles. The standard InChI is InChI=1S/C15H14F3NO/c16-15(17,18)14(20)19-12-5-3-10(4-6-12)13-8-9-1-2-11(13)7-9/h1-6,9,11,13H,7-8H2,(H,19,20)/t9-,11+,13-/m1/s1. The lowest BCUT2D eigenvalue weighted by Crippen LogP contribution is -2.29. The Labute approximate surface area is 114 Å². The highest BCUT2D eigenvalue weighted by Crippen LogP contribution is 2.48. The number of fused-ring (bicyclic) bond motifs is 2. The average molecular weight is 281 g/mol. The molecule has 0 aromatic heterocycles. The van der Waals surface area contributed by atoms with Crippen LogP contribution in [0.3, 0.4) is 0 Å². The lowest BCUT2D eigenvalue weighted by Gasteiger charge is -2.19. The number of anilines is 1. The molecule has 20 heavy (non-hydrogen) atoms. The molecule has 106 valence electrons. The Hall–Kier alpha value is -1.78. The molecule has 1 fully saturated rings. The first-order valence-electron chi connectivity index (χ1n) is 6.60. The van der Waals surface area contributed by atoms with Crippen molar-refractivity contribution in [3.05, 3.63) is 42.0 Å². The Bertz CT molecular complexity index is 547. The van der Waals surface area contributed by atoms with Gasteiger partial charge in [-0.1, -0.05) is 24.3 Å². The van der Waals surface area contributed by atoms with Crippen LogP contribution >= 0.6 is 0 Å². The molecule has 0 unspecified atom stereocenters. The highest BCUT2D eigenvalue weighted by molar-refractivity contribution is 5.94. The van der Waals surface area contributed by atoms with E-state index in [1.54, 1.807) is 0 Å². The Morgan fingerprint density at radius 3 is 2.30 bits per heavy atom. The van der Waals surface area contributed by atoms with Crippen molar-refractivity contribution in [1.29, 1.82) is 0 Å². The van der Waals surface area contributed by atoms with Gasteiger partial charge in [0.2, 0.25) is 0 Å². The molecule has 5 heteroatoms. The van der Waals surface area contributed by atoms with E-state index in [1.807, 2.05) is 17.4 Å². The molecular formula is C15H14F3NO. The van der Waals surface area contributed by atoms with E-state index in [9.17, 15) is 18.0 Å². The van der Waals surface area contributed by atoms with Gasteiger partial charge in [-0.25, -0.2) is 0 Å². The van der Waals surface area contributed by atoms with Gasteiger partial charge in [-0.3, -0.25) is 4.79 Å². The van der Waals surface area contributed by atoms with E-state index in [2.05, 4.69) is 12.2 Å². The normalized spacial score (nSPS) is 27.9. The second-order valence-corrected chi connectivity index (χ2v) is 5.46. The zero-order chi connectivity index (χ0) is 14.3. The van der Waals surface area contributed by atoms with Gasteiger partial charge in [0, 0.05) is 5.69 Å². The van der Waals surface area contributed by atoms with Gasteiger partial charge < -0.3 is 5.32 Å². The molecule has 1 N–H and O–H groups in total. The first kappa shape index (κ1) is 13.2. The van der Waals surface area contributed by atoms with Crippen LogP contribution in [-0.4, -0.2) is 12.1 Å². The summed E-state index contributed by atoms with van der Waals surface area (Å²) in [6.45, 7) is 0. The van der Waals surface area contributed by atoms with Gasteiger partial charge >= 0.3 is 12.1 Å². The van der Waals surface area contributed by atoms with Gasteiger partial charge in [-0.2, -0.15) is 13.2 Å².